The highest BCUT2D eigenvalue weighted by atomic mass is 16.7. The zero-order valence-electron chi connectivity index (χ0n) is 12.0. The maximum atomic E-state index is 5.60. The topological polar surface area (TPSA) is 52.6 Å². The summed E-state index contributed by atoms with van der Waals surface area (Å²) in [5.74, 6) is 2.50. The van der Waals surface area contributed by atoms with Gasteiger partial charge in [-0.15, -0.1) is 0 Å². The zero-order valence-corrected chi connectivity index (χ0v) is 12.0. The molecule has 0 amide bonds. The molecule has 1 aromatic carbocycles. The van der Waals surface area contributed by atoms with Crippen LogP contribution in [0.25, 0.3) is 10.8 Å². The smallest absolute Gasteiger partial charge is 0.231 e. The molecule has 5 heteroatoms. The molecule has 1 saturated heterocycles. The van der Waals surface area contributed by atoms with Gasteiger partial charge in [0.05, 0.1) is 6.10 Å². The fourth-order valence-electron chi connectivity index (χ4n) is 3.00. The molecule has 0 aliphatic carbocycles. The van der Waals surface area contributed by atoms with Crippen LogP contribution in [-0.4, -0.2) is 30.5 Å². The minimum Gasteiger partial charge on any atom is -0.454 e. The lowest BCUT2D eigenvalue weighted by Gasteiger charge is -2.28. The largest absolute Gasteiger partial charge is 0.454 e. The first kappa shape index (κ1) is 12.7. The fourth-order valence-corrected chi connectivity index (χ4v) is 3.00. The Bertz CT molecular complexity index is 674. The number of benzene rings is 1. The molecule has 4 rings (SSSR count). The highest BCUT2D eigenvalue weighted by molar-refractivity contribution is 5.94. The maximum Gasteiger partial charge on any atom is 0.231 e. The third-order valence-electron chi connectivity index (χ3n) is 4.08. The van der Waals surface area contributed by atoms with E-state index in [2.05, 4.69) is 17.2 Å². The summed E-state index contributed by atoms with van der Waals surface area (Å²) >= 11 is 0. The highest BCUT2D eigenvalue weighted by Gasteiger charge is 2.21. The minimum absolute atomic E-state index is 0.291. The SMILES string of the molecule is CC1CC(Nc2nccc3cc4c(cc23)OCO4)CCO1. The van der Waals surface area contributed by atoms with Crippen molar-refractivity contribution >= 4 is 16.6 Å². The van der Waals surface area contributed by atoms with Crippen molar-refractivity contribution in [1.29, 1.82) is 0 Å². The van der Waals surface area contributed by atoms with Gasteiger partial charge >= 0.3 is 0 Å². The monoisotopic (exact) mass is 286 g/mol. The van der Waals surface area contributed by atoms with Gasteiger partial charge in [-0.3, -0.25) is 0 Å². The third kappa shape index (κ3) is 2.38. The summed E-state index contributed by atoms with van der Waals surface area (Å²) in [5, 5.41) is 5.74. The van der Waals surface area contributed by atoms with Gasteiger partial charge in [-0.25, -0.2) is 4.98 Å². The van der Waals surface area contributed by atoms with Crippen molar-refractivity contribution < 1.29 is 14.2 Å². The van der Waals surface area contributed by atoms with Gasteiger partial charge in [0.15, 0.2) is 11.5 Å². The van der Waals surface area contributed by atoms with Crippen molar-refractivity contribution in [3.05, 3.63) is 24.4 Å². The molecule has 2 atom stereocenters. The molecule has 0 spiro atoms. The van der Waals surface area contributed by atoms with E-state index in [0.29, 0.717) is 18.9 Å². The molecule has 2 aliphatic heterocycles. The highest BCUT2D eigenvalue weighted by Crippen LogP contribution is 2.38. The Morgan fingerprint density at radius 2 is 2.10 bits per heavy atom. The van der Waals surface area contributed by atoms with E-state index in [9.17, 15) is 0 Å². The first-order valence-corrected chi connectivity index (χ1v) is 7.36. The van der Waals surface area contributed by atoms with Crippen molar-refractivity contribution in [2.45, 2.75) is 31.9 Å². The Morgan fingerprint density at radius 3 is 2.95 bits per heavy atom. The van der Waals surface area contributed by atoms with E-state index in [1.165, 1.54) is 0 Å². The van der Waals surface area contributed by atoms with Gasteiger partial charge in [0.25, 0.3) is 0 Å². The number of ether oxygens (including phenoxy) is 3. The number of pyridine rings is 1. The molecular formula is C16H18N2O3. The normalized spacial score (nSPS) is 24.2. The van der Waals surface area contributed by atoms with Gasteiger partial charge in [0, 0.05) is 24.2 Å². The van der Waals surface area contributed by atoms with E-state index in [-0.39, 0.29) is 0 Å². The van der Waals surface area contributed by atoms with Gasteiger partial charge in [-0.05, 0) is 43.4 Å². The average molecular weight is 286 g/mol. The number of nitrogens with zero attached hydrogens (tertiary/aromatic N) is 1. The van der Waals surface area contributed by atoms with Crippen LogP contribution < -0.4 is 14.8 Å². The number of hydrogen-bond acceptors (Lipinski definition) is 5. The van der Waals surface area contributed by atoms with Gasteiger partial charge in [-0.2, -0.15) is 0 Å². The van der Waals surface area contributed by atoms with Crippen molar-refractivity contribution in [3.8, 4) is 11.5 Å². The molecule has 1 aromatic heterocycles. The number of aromatic nitrogens is 1. The summed E-state index contributed by atoms with van der Waals surface area (Å²) in [4.78, 5) is 4.50. The molecule has 2 aliphatic rings. The molecule has 1 N–H and O–H groups in total. The number of rotatable bonds is 2. The Balaban J connectivity index is 1.68. The number of hydrogen-bond donors (Lipinski definition) is 1. The Kier molecular flexibility index (Phi) is 3.07. The molecule has 0 radical (unpaired) electrons. The van der Waals surface area contributed by atoms with Crippen LogP contribution >= 0.6 is 0 Å². The predicted octanol–water partition coefficient (Wildman–Crippen LogP) is 2.94. The lowest BCUT2D eigenvalue weighted by molar-refractivity contribution is 0.0232. The molecule has 110 valence electrons. The molecule has 21 heavy (non-hydrogen) atoms. The van der Waals surface area contributed by atoms with Crippen LogP contribution in [0.3, 0.4) is 0 Å². The van der Waals surface area contributed by atoms with E-state index >= 15 is 0 Å². The van der Waals surface area contributed by atoms with E-state index in [1.54, 1.807) is 0 Å². The minimum atomic E-state index is 0.291. The zero-order chi connectivity index (χ0) is 14.2. The summed E-state index contributed by atoms with van der Waals surface area (Å²) in [5.41, 5.74) is 0. The summed E-state index contributed by atoms with van der Waals surface area (Å²) in [6, 6.07) is 6.42. The average Bonchev–Trinajstić information content (AvgIpc) is 2.93. The summed E-state index contributed by atoms with van der Waals surface area (Å²) in [6.07, 6.45) is 4.14. The molecule has 0 saturated carbocycles. The summed E-state index contributed by atoms with van der Waals surface area (Å²) in [7, 11) is 0. The quantitative estimate of drug-likeness (QED) is 0.920. The number of fused-ring (bicyclic) bond motifs is 2. The summed E-state index contributed by atoms with van der Waals surface area (Å²) in [6.45, 7) is 3.21. The Morgan fingerprint density at radius 1 is 1.24 bits per heavy atom. The van der Waals surface area contributed by atoms with Gasteiger partial charge < -0.3 is 19.5 Å². The standard InChI is InChI=1S/C16H18N2O3/c1-10-6-12(3-5-19-10)18-16-13-8-15-14(20-9-21-15)7-11(13)2-4-17-16/h2,4,7-8,10,12H,3,5-6,9H2,1H3,(H,17,18). The number of nitrogens with one attached hydrogen (secondary N) is 1. The van der Waals surface area contributed by atoms with Crippen LogP contribution in [0.5, 0.6) is 11.5 Å². The van der Waals surface area contributed by atoms with Crippen molar-refractivity contribution in [1.82, 2.24) is 4.98 Å². The molecule has 3 heterocycles. The second-order valence-corrected chi connectivity index (χ2v) is 5.63. The van der Waals surface area contributed by atoms with E-state index < -0.39 is 0 Å². The van der Waals surface area contributed by atoms with Crippen LogP contribution in [0.15, 0.2) is 24.4 Å². The maximum absolute atomic E-state index is 5.60. The molecule has 1 fully saturated rings. The number of anilines is 1. The van der Waals surface area contributed by atoms with Crippen LogP contribution in [0.1, 0.15) is 19.8 Å². The van der Waals surface area contributed by atoms with Crippen LogP contribution in [-0.2, 0) is 4.74 Å². The van der Waals surface area contributed by atoms with Crippen LogP contribution in [0, 0.1) is 0 Å². The van der Waals surface area contributed by atoms with E-state index in [1.807, 2.05) is 24.4 Å². The third-order valence-corrected chi connectivity index (χ3v) is 4.08. The van der Waals surface area contributed by atoms with Gasteiger partial charge in [0.1, 0.15) is 5.82 Å². The lowest BCUT2D eigenvalue weighted by Crippen LogP contribution is -2.32. The van der Waals surface area contributed by atoms with Crippen LogP contribution in [0.2, 0.25) is 0 Å². The molecule has 0 bridgehead atoms. The lowest BCUT2D eigenvalue weighted by atomic mass is 10.0. The van der Waals surface area contributed by atoms with Gasteiger partial charge in [-0.1, -0.05) is 0 Å². The van der Waals surface area contributed by atoms with E-state index in [4.69, 9.17) is 14.2 Å². The van der Waals surface area contributed by atoms with Crippen molar-refractivity contribution in [2.75, 3.05) is 18.7 Å². The first-order chi connectivity index (χ1) is 10.3. The second kappa shape index (κ2) is 5.07. The molecule has 2 aromatic rings. The Labute approximate surface area is 123 Å². The second-order valence-electron chi connectivity index (χ2n) is 5.63. The molecule has 5 nitrogen and oxygen atoms in total. The molecule has 2 unspecified atom stereocenters. The van der Waals surface area contributed by atoms with E-state index in [0.717, 1.165) is 47.5 Å². The van der Waals surface area contributed by atoms with Crippen molar-refractivity contribution in [2.24, 2.45) is 0 Å². The molecular weight excluding hydrogens is 268 g/mol. The van der Waals surface area contributed by atoms with Crippen LogP contribution in [0.4, 0.5) is 5.82 Å². The fraction of sp³-hybridized carbons (Fsp3) is 0.438. The predicted molar refractivity (Wildman–Crippen MR) is 79.9 cm³/mol. The van der Waals surface area contributed by atoms with Gasteiger partial charge in [0.2, 0.25) is 6.79 Å². The summed E-state index contributed by atoms with van der Waals surface area (Å²) < 4.78 is 16.5. The Hall–Kier alpha value is -2.01. The first-order valence-electron chi connectivity index (χ1n) is 7.36. The van der Waals surface area contributed by atoms with Crippen molar-refractivity contribution in [3.63, 3.8) is 0 Å².